The number of pyridine rings is 1. The molecule has 130 valence electrons. The summed E-state index contributed by atoms with van der Waals surface area (Å²) in [4.78, 5) is 21.2. The van der Waals surface area contributed by atoms with Crippen molar-refractivity contribution in [3.05, 3.63) is 54.2 Å². The highest BCUT2D eigenvalue weighted by Gasteiger charge is 2.42. The number of nitrogens with two attached hydrogens (primary N) is 1. The second-order valence-electron chi connectivity index (χ2n) is 7.17. The first-order chi connectivity index (χ1) is 12.1. The highest BCUT2D eigenvalue weighted by molar-refractivity contribution is 5.94. The standard InChI is InChI=1S/C20H24N4O/c1-23(16-5-3-2-4-6-16)19-10-8-14(11-22-19)20(25)24-12-15-7-9-18(21)17(15)13-24/h2-6,8,10-11,15,17-18H,7,9,12-13,21H2,1H3. The first kappa shape index (κ1) is 16.1. The molecule has 3 unspecified atom stereocenters. The van der Waals surface area contributed by atoms with Crippen molar-refractivity contribution < 1.29 is 4.79 Å². The molecule has 1 amide bonds. The minimum absolute atomic E-state index is 0.0722. The second-order valence-corrected chi connectivity index (χ2v) is 7.17. The smallest absolute Gasteiger partial charge is 0.255 e. The lowest BCUT2D eigenvalue weighted by Crippen LogP contribution is -2.33. The van der Waals surface area contributed by atoms with Gasteiger partial charge in [-0.05, 0) is 48.9 Å². The summed E-state index contributed by atoms with van der Waals surface area (Å²) in [5, 5.41) is 0. The van der Waals surface area contributed by atoms with Crippen LogP contribution in [0.3, 0.4) is 0 Å². The summed E-state index contributed by atoms with van der Waals surface area (Å²) < 4.78 is 0. The van der Waals surface area contributed by atoms with E-state index in [2.05, 4.69) is 4.98 Å². The van der Waals surface area contributed by atoms with E-state index < -0.39 is 0 Å². The molecule has 1 aliphatic carbocycles. The van der Waals surface area contributed by atoms with Gasteiger partial charge >= 0.3 is 0 Å². The third kappa shape index (κ3) is 3.00. The van der Waals surface area contributed by atoms with Crippen LogP contribution in [0.5, 0.6) is 0 Å². The number of nitrogens with zero attached hydrogens (tertiary/aromatic N) is 3. The van der Waals surface area contributed by atoms with Crippen molar-refractivity contribution in [2.24, 2.45) is 17.6 Å². The molecule has 25 heavy (non-hydrogen) atoms. The van der Waals surface area contributed by atoms with Gasteiger partial charge < -0.3 is 15.5 Å². The quantitative estimate of drug-likeness (QED) is 0.936. The maximum atomic E-state index is 12.8. The Labute approximate surface area is 148 Å². The fraction of sp³-hybridized carbons (Fsp3) is 0.400. The zero-order chi connectivity index (χ0) is 17.4. The monoisotopic (exact) mass is 336 g/mol. The number of carbonyl (C=O) groups is 1. The van der Waals surface area contributed by atoms with Gasteiger partial charge in [-0.1, -0.05) is 18.2 Å². The lowest BCUT2D eigenvalue weighted by Gasteiger charge is -2.20. The molecule has 0 radical (unpaired) electrons. The van der Waals surface area contributed by atoms with E-state index in [-0.39, 0.29) is 11.9 Å². The topological polar surface area (TPSA) is 62.5 Å². The molecule has 0 spiro atoms. The third-order valence-corrected chi connectivity index (χ3v) is 5.68. The first-order valence-corrected chi connectivity index (χ1v) is 8.93. The van der Waals surface area contributed by atoms with Gasteiger partial charge in [0.05, 0.1) is 5.56 Å². The van der Waals surface area contributed by atoms with Gasteiger partial charge in [-0.3, -0.25) is 4.79 Å². The van der Waals surface area contributed by atoms with E-state index in [1.54, 1.807) is 6.20 Å². The Morgan fingerprint density at radius 3 is 2.64 bits per heavy atom. The molecule has 2 aliphatic rings. The molecule has 3 atom stereocenters. The van der Waals surface area contributed by atoms with E-state index in [0.29, 0.717) is 17.4 Å². The molecule has 2 N–H and O–H groups in total. The highest BCUT2D eigenvalue weighted by atomic mass is 16.2. The number of fused-ring (bicyclic) bond motifs is 1. The maximum absolute atomic E-state index is 12.8. The van der Waals surface area contributed by atoms with Crippen LogP contribution >= 0.6 is 0 Å². The number of hydrogen-bond donors (Lipinski definition) is 1. The van der Waals surface area contributed by atoms with E-state index in [0.717, 1.165) is 37.4 Å². The van der Waals surface area contributed by atoms with E-state index >= 15 is 0 Å². The number of carbonyl (C=O) groups excluding carboxylic acids is 1. The van der Waals surface area contributed by atoms with Gasteiger partial charge in [0.2, 0.25) is 0 Å². The second kappa shape index (κ2) is 6.48. The Morgan fingerprint density at radius 1 is 1.16 bits per heavy atom. The molecule has 5 nitrogen and oxygen atoms in total. The maximum Gasteiger partial charge on any atom is 0.255 e. The molecule has 2 fully saturated rings. The number of anilines is 2. The van der Waals surface area contributed by atoms with E-state index in [1.165, 1.54) is 0 Å². The SMILES string of the molecule is CN(c1ccccc1)c1ccc(C(=O)N2CC3CCC(N)C3C2)cn1. The van der Waals surface area contributed by atoms with Gasteiger partial charge in [0.1, 0.15) is 5.82 Å². The lowest BCUT2D eigenvalue weighted by atomic mass is 9.98. The average molecular weight is 336 g/mol. The Balaban J connectivity index is 1.46. The molecular formula is C20H24N4O. The predicted molar refractivity (Wildman–Crippen MR) is 98.8 cm³/mol. The predicted octanol–water partition coefficient (Wildman–Crippen LogP) is 2.66. The summed E-state index contributed by atoms with van der Waals surface area (Å²) in [6, 6.07) is 14.1. The van der Waals surface area contributed by atoms with Crippen LogP contribution in [0.4, 0.5) is 11.5 Å². The van der Waals surface area contributed by atoms with Crippen LogP contribution in [0.25, 0.3) is 0 Å². The Morgan fingerprint density at radius 2 is 1.96 bits per heavy atom. The largest absolute Gasteiger partial charge is 0.338 e. The van der Waals surface area contributed by atoms with Crippen molar-refractivity contribution in [1.82, 2.24) is 9.88 Å². The highest BCUT2D eigenvalue weighted by Crippen LogP contribution is 2.37. The fourth-order valence-corrected chi connectivity index (χ4v) is 4.15. The lowest BCUT2D eigenvalue weighted by molar-refractivity contribution is 0.0779. The van der Waals surface area contributed by atoms with Gasteiger partial charge in [0, 0.05) is 38.1 Å². The first-order valence-electron chi connectivity index (χ1n) is 8.93. The number of hydrogen-bond acceptors (Lipinski definition) is 4. The molecule has 2 aromatic rings. The minimum atomic E-state index is 0.0722. The van der Waals surface area contributed by atoms with E-state index in [1.807, 2.05) is 59.3 Å². The summed E-state index contributed by atoms with van der Waals surface area (Å²) in [7, 11) is 1.97. The van der Waals surface area contributed by atoms with Crippen molar-refractivity contribution in [2.75, 3.05) is 25.0 Å². The van der Waals surface area contributed by atoms with Gasteiger partial charge in [0.15, 0.2) is 0 Å². The molecule has 5 heteroatoms. The Hall–Kier alpha value is -2.40. The molecule has 1 aliphatic heterocycles. The summed E-state index contributed by atoms with van der Waals surface area (Å²) in [6.45, 7) is 1.62. The average Bonchev–Trinajstić information content (AvgIpc) is 3.24. The molecule has 1 aromatic heterocycles. The normalized spacial score (nSPS) is 25.0. The number of amides is 1. The fourth-order valence-electron chi connectivity index (χ4n) is 4.15. The number of rotatable bonds is 3. The van der Waals surface area contributed by atoms with Crippen molar-refractivity contribution >= 4 is 17.4 Å². The van der Waals surface area contributed by atoms with Crippen LogP contribution < -0.4 is 10.6 Å². The van der Waals surface area contributed by atoms with E-state index in [9.17, 15) is 4.79 Å². The van der Waals surface area contributed by atoms with Gasteiger partial charge in [-0.25, -0.2) is 4.98 Å². The van der Waals surface area contributed by atoms with Crippen LogP contribution in [0, 0.1) is 11.8 Å². The Bertz CT molecular complexity index is 746. The number of aromatic nitrogens is 1. The summed E-state index contributed by atoms with van der Waals surface area (Å²) in [5.41, 5.74) is 7.89. The van der Waals surface area contributed by atoms with Crippen LogP contribution in [0.2, 0.25) is 0 Å². The van der Waals surface area contributed by atoms with E-state index in [4.69, 9.17) is 5.73 Å². The minimum Gasteiger partial charge on any atom is -0.338 e. The summed E-state index contributed by atoms with van der Waals surface area (Å²) in [6.07, 6.45) is 3.93. The summed E-state index contributed by atoms with van der Waals surface area (Å²) in [5.74, 6) is 1.95. The van der Waals surface area contributed by atoms with Crippen molar-refractivity contribution in [3.63, 3.8) is 0 Å². The zero-order valence-electron chi connectivity index (χ0n) is 14.5. The van der Waals surface area contributed by atoms with Crippen molar-refractivity contribution in [1.29, 1.82) is 0 Å². The third-order valence-electron chi connectivity index (χ3n) is 5.68. The molecule has 0 bridgehead atoms. The van der Waals surface area contributed by atoms with Gasteiger partial charge in [0.25, 0.3) is 5.91 Å². The van der Waals surface area contributed by atoms with Gasteiger partial charge in [-0.15, -0.1) is 0 Å². The Kier molecular flexibility index (Phi) is 4.17. The van der Waals surface area contributed by atoms with Crippen LogP contribution in [0.1, 0.15) is 23.2 Å². The number of likely N-dealkylation sites (tertiary alicyclic amines) is 1. The molecule has 2 heterocycles. The van der Waals surface area contributed by atoms with Crippen LogP contribution in [-0.2, 0) is 0 Å². The van der Waals surface area contributed by atoms with Crippen LogP contribution in [0.15, 0.2) is 48.7 Å². The summed E-state index contributed by atoms with van der Waals surface area (Å²) >= 11 is 0. The van der Waals surface area contributed by atoms with Crippen molar-refractivity contribution in [2.45, 2.75) is 18.9 Å². The van der Waals surface area contributed by atoms with Gasteiger partial charge in [-0.2, -0.15) is 0 Å². The molecular weight excluding hydrogens is 312 g/mol. The number of benzene rings is 1. The molecule has 4 rings (SSSR count). The van der Waals surface area contributed by atoms with Crippen LogP contribution in [-0.4, -0.2) is 42.0 Å². The molecule has 1 aromatic carbocycles. The van der Waals surface area contributed by atoms with Crippen molar-refractivity contribution in [3.8, 4) is 0 Å². The molecule has 1 saturated carbocycles. The molecule has 1 saturated heterocycles. The zero-order valence-corrected chi connectivity index (χ0v) is 14.5. The number of para-hydroxylation sites is 1.